The number of nitrogen functional groups attached to an aromatic ring is 1. The van der Waals surface area contributed by atoms with Gasteiger partial charge in [-0.3, -0.25) is 4.79 Å². The van der Waals surface area contributed by atoms with E-state index in [2.05, 4.69) is 10.3 Å². The number of anilines is 2. The number of para-hydroxylation sites is 2. The molecule has 1 amide bonds. The van der Waals surface area contributed by atoms with E-state index in [1.54, 1.807) is 24.7 Å². The van der Waals surface area contributed by atoms with Crippen molar-refractivity contribution in [2.45, 2.75) is 13.0 Å². The maximum Gasteiger partial charge on any atom is 0.226 e. The highest BCUT2D eigenvalue weighted by atomic mass is 16.1. The Kier molecular flexibility index (Phi) is 3.40. The number of hydrogen-bond donors (Lipinski definition) is 2. The summed E-state index contributed by atoms with van der Waals surface area (Å²) in [5, 5.41) is 2.77. The molecule has 0 unspecified atom stereocenters. The summed E-state index contributed by atoms with van der Waals surface area (Å²) in [7, 11) is 0. The topological polar surface area (TPSA) is 72.9 Å². The van der Waals surface area contributed by atoms with E-state index in [0.29, 0.717) is 24.3 Å². The van der Waals surface area contributed by atoms with Crippen molar-refractivity contribution in [3.8, 4) is 0 Å². The molecule has 0 saturated heterocycles. The number of rotatable bonds is 4. The molecule has 17 heavy (non-hydrogen) atoms. The molecule has 88 valence electrons. The Morgan fingerprint density at radius 3 is 2.94 bits per heavy atom. The minimum atomic E-state index is -0.0587. The molecule has 0 aliphatic heterocycles. The quantitative estimate of drug-likeness (QED) is 0.782. The van der Waals surface area contributed by atoms with Crippen LogP contribution in [0.1, 0.15) is 6.42 Å². The summed E-state index contributed by atoms with van der Waals surface area (Å²) in [5.41, 5.74) is 6.96. The lowest BCUT2D eigenvalue weighted by Gasteiger charge is -2.07. The Hall–Kier alpha value is -2.30. The predicted molar refractivity (Wildman–Crippen MR) is 66.3 cm³/mol. The molecule has 0 spiro atoms. The predicted octanol–water partition coefficient (Wildman–Crippen LogP) is 1.49. The third kappa shape index (κ3) is 3.07. The molecular formula is C12H14N4O. The van der Waals surface area contributed by atoms with Gasteiger partial charge in [-0.1, -0.05) is 12.1 Å². The molecule has 1 heterocycles. The van der Waals surface area contributed by atoms with Crippen LogP contribution in [0.25, 0.3) is 0 Å². The number of benzene rings is 1. The van der Waals surface area contributed by atoms with Crippen molar-refractivity contribution in [3.63, 3.8) is 0 Å². The van der Waals surface area contributed by atoms with Crippen LogP contribution in [0.5, 0.6) is 0 Å². The largest absolute Gasteiger partial charge is 0.397 e. The minimum absolute atomic E-state index is 0.0587. The van der Waals surface area contributed by atoms with Crippen molar-refractivity contribution in [2.24, 2.45) is 0 Å². The molecule has 0 aliphatic rings. The van der Waals surface area contributed by atoms with Gasteiger partial charge in [0.25, 0.3) is 0 Å². The molecule has 3 N–H and O–H groups in total. The van der Waals surface area contributed by atoms with Gasteiger partial charge in [0.15, 0.2) is 0 Å². The third-order valence-electron chi connectivity index (χ3n) is 2.39. The highest BCUT2D eigenvalue weighted by Crippen LogP contribution is 2.16. The number of nitrogens with zero attached hydrogens (tertiary/aromatic N) is 2. The summed E-state index contributed by atoms with van der Waals surface area (Å²) in [5.74, 6) is -0.0587. The molecule has 0 fully saturated rings. The van der Waals surface area contributed by atoms with Crippen LogP contribution in [0, 0.1) is 0 Å². The molecule has 0 atom stereocenters. The smallest absolute Gasteiger partial charge is 0.226 e. The number of imidazole rings is 1. The van der Waals surface area contributed by atoms with E-state index in [1.165, 1.54) is 0 Å². The van der Waals surface area contributed by atoms with Gasteiger partial charge in [-0.2, -0.15) is 0 Å². The first-order chi connectivity index (χ1) is 8.25. The SMILES string of the molecule is Nc1ccccc1NC(=O)CCn1ccnc1. The van der Waals surface area contributed by atoms with Gasteiger partial charge in [-0.15, -0.1) is 0 Å². The zero-order chi connectivity index (χ0) is 12.1. The summed E-state index contributed by atoms with van der Waals surface area (Å²) in [6, 6.07) is 7.20. The number of amides is 1. The second-order valence-electron chi connectivity index (χ2n) is 3.69. The standard InChI is InChI=1S/C12H14N4O/c13-10-3-1-2-4-11(10)15-12(17)5-7-16-8-6-14-9-16/h1-4,6,8-9H,5,7,13H2,(H,15,17). The second kappa shape index (κ2) is 5.16. The maximum atomic E-state index is 11.7. The first kappa shape index (κ1) is 11.2. The van der Waals surface area contributed by atoms with Crippen molar-refractivity contribution in [3.05, 3.63) is 43.0 Å². The fraction of sp³-hybridized carbons (Fsp3) is 0.167. The summed E-state index contributed by atoms with van der Waals surface area (Å²) in [6.45, 7) is 0.610. The zero-order valence-corrected chi connectivity index (χ0v) is 9.34. The van der Waals surface area contributed by atoms with E-state index in [0.717, 1.165) is 0 Å². The maximum absolute atomic E-state index is 11.7. The van der Waals surface area contributed by atoms with Gasteiger partial charge in [-0.25, -0.2) is 4.98 Å². The Bertz CT molecular complexity index is 493. The normalized spacial score (nSPS) is 10.1. The molecule has 1 aromatic heterocycles. The Labute approximate surface area is 99.3 Å². The Morgan fingerprint density at radius 2 is 2.24 bits per heavy atom. The number of carbonyl (C=O) groups excluding carboxylic acids is 1. The first-order valence-corrected chi connectivity index (χ1v) is 5.36. The van der Waals surface area contributed by atoms with Crippen LogP contribution in [-0.2, 0) is 11.3 Å². The summed E-state index contributed by atoms with van der Waals surface area (Å²) >= 11 is 0. The molecule has 0 saturated carbocycles. The highest BCUT2D eigenvalue weighted by Gasteiger charge is 2.04. The summed E-state index contributed by atoms with van der Waals surface area (Å²) in [4.78, 5) is 15.6. The Balaban J connectivity index is 1.87. The lowest BCUT2D eigenvalue weighted by atomic mass is 10.2. The van der Waals surface area contributed by atoms with Crippen LogP contribution in [0.2, 0.25) is 0 Å². The molecule has 0 bridgehead atoms. The lowest BCUT2D eigenvalue weighted by molar-refractivity contribution is -0.116. The molecule has 2 rings (SSSR count). The van der Waals surface area contributed by atoms with Crippen LogP contribution < -0.4 is 11.1 Å². The minimum Gasteiger partial charge on any atom is -0.397 e. The van der Waals surface area contributed by atoms with E-state index >= 15 is 0 Å². The van der Waals surface area contributed by atoms with E-state index in [9.17, 15) is 4.79 Å². The molecular weight excluding hydrogens is 216 g/mol. The van der Waals surface area contributed by atoms with Gasteiger partial charge >= 0.3 is 0 Å². The number of aromatic nitrogens is 2. The lowest BCUT2D eigenvalue weighted by Crippen LogP contribution is -2.14. The van der Waals surface area contributed by atoms with Gasteiger partial charge in [0, 0.05) is 25.4 Å². The van der Waals surface area contributed by atoms with Gasteiger partial charge < -0.3 is 15.6 Å². The van der Waals surface area contributed by atoms with Crippen LogP contribution >= 0.6 is 0 Å². The molecule has 1 aromatic carbocycles. The van der Waals surface area contributed by atoms with Crippen molar-refractivity contribution in [1.29, 1.82) is 0 Å². The fourth-order valence-electron chi connectivity index (χ4n) is 1.47. The molecule has 5 heteroatoms. The van der Waals surface area contributed by atoms with Crippen LogP contribution in [0.3, 0.4) is 0 Å². The number of nitrogens with one attached hydrogen (secondary N) is 1. The van der Waals surface area contributed by atoms with E-state index in [-0.39, 0.29) is 5.91 Å². The number of aryl methyl sites for hydroxylation is 1. The van der Waals surface area contributed by atoms with Crippen LogP contribution in [0.15, 0.2) is 43.0 Å². The molecule has 0 radical (unpaired) electrons. The van der Waals surface area contributed by atoms with Gasteiger partial charge in [0.2, 0.25) is 5.91 Å². The zero-order valence-electron chi connectivity index (χ0n) is 9.34. The molecule has 5 nitrogen and oxygen atoms in total. The van der Waals surface area contributed by atoms with Crippen molar-refractivity contribution >= 4 is 17.3 Å². The third-order valence-corrected chi connectivity index (χ3v) is 2.39. The van der Waals surface area contributed by atoms with E-state index in [4.69, 9.17) is 5.73 Å². The van der Waals surface area contributed by atoms with E-state index < -0.39 is 0 Å². The second-order valence-corrected chi connectivity index (χ2v) is 3.69. The average Bonchev–Trinajstić information content (AvgIpc) is 2.82. The first-order valence-electron chi connectivity index (χ1n) is 5.36. The number of carbonyl (C=O) groups is 1. The van der Waals surface area contributed by atoms with Crippen molar-refractivity contribution < 1.29 is 4.79 Å². The van der Waals surface area contributed by atoms with Crippen LogP contribution in [-0.4, -0.2) is 15.5 Å². The molecule has 0 aliphatic carbocycles. The van der Waals surface area contributed by atoms with Crippen LogP contribution in [0.4, 0.5) is 11.4 Å². The number of hydrogen-bond acceptors (Lipinski definition) is 3. The van der Waals surface area contributed by atoms with Gasteiger partial charge in [-0.05, 0) is 12.1 Å². The van der Waals surface area contributed by atoms with Gasteiger partial charge in [0.1, 0.15) is 0 Å². The average molecular weight is 230 g/mol. The molecule has 2 aromatic rings. The van der Waals surface area contributed by atoms with Crippen molar-refractivity contribution in [1.82, 2.24) is 9.55 Å². The monoisotopic (exact) mass is 230 g/mol. The van der Waals surface area contributed by atoms with E-state index in [1.807, 2.05) is 22.9 Å². The summed E-state index contributed by atoms with van der Waals surface area (Å²) < 4.78 is 1.86. The Morgan fingerprint density at radius 1 is 1.41 bits per heavy atom. The fourth-order valence-corrected chi connectivity index (χ4v) is 1.47. The highest BCUT2D eigenvalue weighted by molar-refractivity contribution is 5.93. The number of nitrogens with two attached hydrogens (primary N) is 1. The van der Waals surface area contributed by atoms with Gasteiger partial charge in [0.05, 0.1) is 17.7 Å². The van der Waals surface area contributed by atoms with Crippen molar-refractivity contribution in [2.75, 3.05) is 11.1 Å². The summed E-state index contributed by atoms with van der Waals surface area (Å²) in [6.07, 6.45) is 5.59.